The van der Waals surface area contributed by atoms with E-state index in [-0.39, 0.29) is 78.2 Å². The van der Waals surface area contributed by atoms with Crippen LogP contribution in [0.25, 0.3) is 0 Å². The van der Waals surface area contributed by atoms with Crippen molar-refractivity contribution < 1.29 is 43.7 Å². The van der Waals surface area contributed by atoms with Gasteiger partial charge in [-0.25, -0.2) is 0 Å². The highest BCUT2D eigenvalue weighted by molar-refractivity contribution is 7.59. The van der Waals surface area contributed by atoms with Crippen molar-refractivity contribution in [3.05, 3.63) is 107 Å². The SMILES string of the molecule is CC.CCOC(=O)[C@H](CCc1ccccc1)N[C@@H](C)C(=O)N1Cc2ccccc2C[C@H]1OC(=O)Cc1ccccc1.O=C(O)CCC(=O)O.S.S.S. The molecule has 3 N–H and O–H groups in total. The van der Waals surface area contributed by atoms with E-state index in [4.69, 9.17) is 19.7 Å². The van der Waals surface area contributed by atoms with Crippen LogP contribution in [0, 0.1) is 0 Å². The van der Waals surface area contributed by atoms with Crippen molar-refractivity contribution in [1.29, 1.82) is 0 Å². The number of carbonyl (C=O) groups excluding carboxylic acids is 3. The molecule has 0 fully saturated rings. The molecule has 3 aromatic carbocycles. The third-order valence-electron chi connectivity index (χ3n) is 7.45. The number of ether oxygens (including phenoxy) is 2. The van der Waals surface area contributed by atoms with Crippen molar-refractivity contribution in [2.24, 2.45) is 0 Å². The van der Waals surface area contributed by atoms with E-state index in [0.717, 1.165) is 22.3 Å². The number of nitrogens with one attached hydrogen (secondary N) is 1. The second kappa shape index (κ2) is 27.6. The molecule has 1 amide bonds. The number of benzene rings is 3. The highest BCUT2D eigenvalue weighted by Crippen LogP contribution is 2.25. The maximum Gasteiger partial charge on any atom is 0.323 e. The monoisotopic (exact) mass is 778 g/mol. The molecule has 0 saturated carbocycles. The molecule has 3 atom stereocenters. The number of carboxylic acids is 2. The number of nitrogens with zero attached hydrogens (tertiary/aromatic N) is 1. The number of aliphatic carboxylic acids is 2. The maximum atomic E-state index is 13.8. The van der Waals surface area contributed by atoms with Gasteiger partial charge in [-0.1, -0.05) is 98.8 Å². The van der Waals surface area contributed by atoms with Crippen LogP contribution >= 0.6 is 40.5 Å². The van der Waals surface area contributed by atoms with Crippen molar-refractivity contribution in [2.75, 3.05) is 6.61 Å². The van der Waals surface area contributed by atoms with Crippen LogP contribution in [-0.2, 0) is 59.3 Å². The summed E-state index contributed by atoms with van der Waals surface area (Å²) in [6, 6.07) is 25.8. The van der Waals surface area contributed by atoms with Crippen LogP contribution in [0.3, 0.4) is 0 Å². The first-order valence-corrected chi connectivity index (χ1v) is 16.6. The summed E-state index contributed by atoms with van der Waals surface area (Å²) in [6.45, 7) is 8.08. The summed E-state index contributed by atoms with van der Waals surface area (Å²) in [6.07, 6.45) is 0.348. The van der Waals surface area contributed by atoms with E-state index in [2.05, 4.69) is 5.32 Å². The van der Waals surface area contributed by atoms with E-state index < -0.39 is 36.2 Å². The topological polar surface area (TPSA) is 160 Å². The molecular weight excluding hydrogens is 725 g/mol. The van der Waals surface area contributed by atoms with Gasteiger partial charge in [0.25, 0.3) is 0 Å². The van der Waals surface area contributed by atoms with Gasteiger partial charge in [0.1, 0.15) is 6.04 Å². The molecule has 288 valence electrons. The van der Waals surface area contributed by atoms with Crippen molar-refractivity contribution in [3.8, 4) is 0 Å². The summed E-state index contributed by atoms with van der Waals surface area (Å²) in [5.74, 6) is -3.17. The average Bonchev–Trinajstić information content (AvgIpc) is 3.10. The maximum absolute atomic E-state index is 13.8. The summed E-state index contributed by atoms with van der Waals surface area (Å²) >= 11 is 0. The molecule has 1 aliphatic heterocycles. The molecule has 0 spiro atoms. The zero-order valence-corrected chi connectivity index (χ0v) is 33.2. The second-order valence-electron chi connectivity index (χ2n) is 11.1. The number of carboxylic acid groups (broad SMARTS) is 2. The quantitative estimate of drug-likeness (QED) is 0.178. The largest absolute Gasteiger partial charge is 0.481 e. The number of aryl methyl sites for hydroxylation is 1. The van der Waals surface area contributed by atoms with E-state index in [1.165, 1.54) is 0 Å². The molecule has 52 heavy (non-hydrogen) atoms. The molecule has 11 nitrogen and oxygen atoms in total. The lowest BCUT2D eigenvalue weighted by Crippen LogP contribution is -2.55. The minimum Gasteiger partial charge on any atom is -0.481 e. The molecule has 0 aromatic heterocycles. The van der Waals surface area contributed by atoms with E-state index in [1.54, 1.807) is 18.7 Å². The van der Waals surface area contributed by atoms with E-state index in [1.807, 2.05) is 98.8 Å². The average molecular weight is 779 g/mol. The molecule has 4 rings (SSSR count). The minimum atomic E-state index is -1.08. The molecule has 14 heteroatoms. The van der Waals surface area contributed by atoms with Crippen molar-refractivity contribution in [3.63, 3.8) is 0 Å². The van der Waals surface area contributed by atoms with E-state index in [9.17, 15) is 24.0 Å². The Balaban J connectivity index is 0. The normalized spacial score (nSPS) is 13.5. The van der Waals surface area contributed by atoms with Gasteiger partial charge in [0.2, 0.25) is 5.91 Å². The zero-order valence-electron chi connectivity index (χ0n) is 30.2. The molecule has 0 unspecified atom stereocenters. The Labute approximate surface area is 327 Å². The first kappa shape index (κ1) is 50.1. The lowest BCUT2D eigenvalue weighted by molar-refractivity contribution is -0.167. The fraction of sp³-hybridized carbons (Fsp3) is 0.395. The summed E-state index contributed by atoms with van der Waals surface area (Å²) in [7, 11) is 0. The highest BCUT2D eigenvalue weighted by atomic mass is 32.1. The first-order valence-electron chi connectivity index (χ1n) is 16.6. The van der Waals surface area contributed by atoms with Gasteiger partial charge in [-0.15, -0.1) is 0 Å². The molecule has 0 saturated heterocycles. The van der Waals surface area contributed by atoms with Gasteiger partial charge in [0, 0.05) is 13.0 Å². The lowest BCUT2D eigenvalue weighted by atomic mass is 9.97. The summed E-state index contributed by atoms with van der Waals surface area (Å²) in [5, 5.41) is 19.0. The Kier molecular flexibility index (Phi) is 26.6. The Morgan fingerprint density at radius 2 is 1.29 bits per heavy atom. The zero-order chi connectivity index (χ0) is 36.2. The predicted molar refractivity (Wildman–Crippen MR) is 216 cm³/mol. The Hall–Kier alpha value is -3.98. The predicted octanol–water partition coefficient (Wildman–Crippen LogP) is 5.53. The molecular formula is C38H54N2O9S3. The first-order chi connectivity index (χ1) is 23.6. The van der Waals surface area contributed by atoms with Gasteiger partial charge < -0.3 is 24.6 Å². The van der Waals surface area contributed by atoms with E-state index in [0.29, 0.717) is 25.8 Å². The van der Waals surface area contributed by atoms with Crippen molar-refractivity contribution in [1.82, 2.24) is 10.2 Å². The number of hydrogen-bond acceptors (Lipinski definition) is 8. The van der Waals surface area contributed by atoms with Gasteiger partial charge in [-0.05, 0) is 48.9 Å². The van der Waals surface area contributed by atoms with Crippen LogP contribution in [-0.4, -0.2) is 69.8 Å². The third kappa shape index (κ3) is 18.0. The highest BCUT2D eigenvalue weighted by Gasteiger charge is 2.36. The van der Waals surface area contributed by atoms with Crippen LogP contribution in [0.15, 0.2) is 84.9 Å². The third-order valence-corrected chi connectivity index (χ3v) is 7.45. The Morgan fingerprint density at radius 3 is 1.81 bits per heavy atom. The fourth-order valence-electron chi connectivity index (χ4n) is 5.08. The van der Waals surface area contributed by atoms with Crippen LogP contribution in [0.4, 0.5) is 0 Å². The Bertz CT molecular complexity index is 1480. The van der Waals surface area contributed by atoms with Crippen LogP contribution < -0.4 is 5.32 Å². The van der Waals surface area contributed by atoms with Gasteiger partial charge >= 0.3 is 23.9 Å². The van der Waals surface area contributed by atoms with E-state index >= 15 is 0 Å². The molecule has 0 radical (unpaired) electrons. The number of amides is 1. The summed E-state index contributed by atoms with van der Waals surface area (Å²) in [5.41, 5.74) is 4.01. The summed E-state index contributed by atoms with van der Waals surface area (Å²) < 4.78 is 11.2. The minimum absolute atomic E-state index is 0. The van der Waals surface area contributed by atoms with Gasteiger partial charge in [0.15, 0.2) is 6.23 Å². The molecule has 0 bridgehead atoms. The molecule has 3 aromatic rings. The fourth-order valence-corrected chi connectivity index (χ4v) is 5.08. The van der Waals surface area contributed by atoms with Crippen molar-refractivity contribution >= 4 is 70.3 Å². The van der Waals surface area contributed by atoms with Gasteiger partial charge in [-0.3, -0.25) is 29.3 Å². The number of carbonyl (C=O) groups is 5. The molecule has 1 heterocycles. The summed E-state index contributed by atoms with van der Waals surface area (Å²) in [4.78, 5) is 60.3. The second-order valence-corrected chi connectivity index (χ2v) is 11.1. The standard InChI is InChI=1S/C32H36N2O5.C4H6O4.C2H6.3H2S/c1-3-38-32(37)28(19-18-24-12-6-4-7-13-24)33-23(2)31(36)34-22-27-17-11-10-16-26(27)21-29(34)39-30(35)20-25-14-8-5-9-15-25;5-3(6)1-2-4(7)8;1-2;;;/h4-17,23,28-29,33H,3,18-22H2,1-2H3;1-2H2,(H,5,6)(H,7,8);1-2H3;3*1H2/t23-,28-,29+;;;;;/m0...../s1. The van der Waals surface area contributed by atoms with Gasteiger partial charge in [-0.2, -0.15) is 40.5 Å². The molecule has 0 aliphatic carbocycles. The van der Waals surface area contributed by atoms with Crippen molar-refractivity contribution in [2.45, 2.75) is 91.1 Å². The van der Waals surface area contributed by atoms with Crippen LogP contribution in [0.2, 0.25) is 0 Å². The number of esters is 2. The number of hydrogen-bond donors (Lipinski definition) is 3. The number of rotatable bonds is 14. The lowest BCUT2D eigenvalue weighted by Gasteiger charge is -2.38. The smallest absolute Gasteiger partial charge is 0.323 e. The van der Waals surface area contributed by atoms with Crippen LogP contribution in [0.5, 0.6) is 0 Å². The van der Waals surface area contributed by atoms with Gasteiger partial charge in [0.05, 0.1) is 31.9 Å². The molecule has 1 aliphatic rings. The van der Waals surface area contributed by atoms with Crippen LogP contribution in [0.1, 0.15) is 69.2 Å². The Morgan fingerprint density at radius 1 is 0.788 bits per heavy atom. The number of fused-ring (bicyclic) bond motifs is 1.